The van der Waals surface area contributed by atoms with Gasteiger partial charge in [-0.25, -0.2) is 12.7 Å². The van der Waals surface area contributed by atoms with Crippen LogP contribution in [0.5, 0.6) is 0 Å². The third-order valence-electron chi connectivity index (χ3n) is 6.43. The van der Waals surface area contributed by atoms with Crippen LogP contribution in [0.15, 0.2) is 12.2 Å². The van der Waals surface area contributed by atoms with E-state index in [0.29, 0.717) is 13.0 Å². The smallest absolute Gasteiger partial charge is 0.246 e. The first kappa shape index (κ1) is 18.9. The quantitative estimate of drug-likeness (QED) is 0.644. The monoisotopic (exact) mass is 395 g/mol. The number of piperidine rings is 1. The second-order valence-electron chi connectivity index (χ2n) is 8.40. The van der Waals surface area contributed by atoms with Gasteiger partial charge in [0, 0.05) is 19.2 Å². The lowest BCUT2D eigenvalue weighted by Gasteiger charge is -2.27. The molecule has 3 aliphatic heterocycles. The van der Waals surface area contributed by atoms with Crippen molar-refractivity contribution < 1.29 is 18.0 Å². The van der Waals surface area contributed by atoms with Crippen LogP contribution < -0.4 is 0 Å². The van der Waals surface area contributed by atoms with E-state index in [9.17, 15) is 18.0 Å². The van der Waals surface area contributed by atoms with Crippen molar-refractivity contribution in [1.82, 2.24) is 14.1 Å². The van der Waals surface area contributed by atoms with Crippen molar-refractivity contribution in [3.8, 4) is 0 Å². The molecule has 3 saturated heterocycles. The zero-order chi connectivity index (χ0) is 19.2. The highest BCUT2D eigenvalue weighted by molar-refractivity contribution is 7.88. The van der Waals surface area contributed by atoms with Gasteiger partial charge < -0.3 is 4.90 Å². The van der Waals surface area contributed by atoms with Gasteiger partial charge in [-0.1, -0.05) is 12.5 Å². The average Bonchev–Trinajstić information content (AvgIpc) is 3.28. The molecule has 0 spiro atoms. The molecule has 1 aliphatic carbocycles. The van der Waals surface area contributed by atoms with Gasteiger partial charge in [0.05, 0.1) is 24.3 Å². The number of amides is 2. The molecule has 0 aromatic heterocycles. The van der Waals surface area contributed by atoms with E-state index in [0.717, 1.165) is 43.0 Å². The number of nitrogens with zero attached hydrogens (tertiary/aromatic N) is 3. The Morgan fingerprint density at radius 3 is 2.44 bits per heavy atom. The van der Waals surface area contributed by atoms with E-state index in [4.69, 9.17) is 0 Å². The lowest BCUT2D eigenvalue weighted by molar-refractivity contribution is -0.131. The molecule has 4 fully saturated rings. The highest BCUT2D eigenvalue weighted by Crippen LogP contribution is 2.49. The molecular weight excluding hydrogens is 366 g/mol. The van der Waals surface area contributed by atoms with E-state index in [1.807, 2.05) is 6.08 Å². The Morgan fingerprint density at radius 2 is 1.81 bits per heavy atom. The van der Waals surface area contributed by atoms with Crippen LogP contribution in [0, 0.1) is 11.8 Å². The molecule has 0 aromatic rings. The van der Waals surface area contributed by atoms with E-state index in [1.165, 1.54) is 19.3 Å². The van der Waals surface area contributed by atoms with Crippen LogP contribution in [0.3, 0.4) is 0 Å². The Hall–Kier alpha value is -1.41. The number of carbonyl (C=O) groups excluding carboxylic acids is 2. The first-order valence-electron chi connectivity index (χ1n) is 10.1. The van der Waals surface area contributed by atoms with Crippen molar-refractivity contribution in [3.63, 3.8) is 0 Å². The van der Waals surface area contributed by atoms with Crippen molar-refractivity contribution >= 4 is 21.8 Å². The molecule has 8 heteroatoms. The van der Waals surface area contributed by atoms with Gasteiger partial charge in [-0.2, -0.15) is 0 Å². The van der Waals surface area contributed by atoms with Crippen LogP contribution in [-0.2, 0) is 19.6 Å². The Labute approximate surface area is 161 Å². The maximum absolute atomic E-state index is 12.8. The Kier molecular flexibility index (Phi) is 5.05. The van der Waals surface area contributed by atoms with Crippen molar-refractivity contribution in [2.45, 2.75) is 50.6 Å². The van der Waals surface area contributed by atoms with Crippen molar-refractivity contribution in [3.05, 3.63) is 12.2 Å². The molecule has 3 heterocycles. The summed E-state index contributed by atoms with van der Waals surface area (Å²) in [7, 11) is -3.60. The number of rotatable bonds is 5. The summed E-state index contributed by atoms with van der Waals surface area (Å²) in [5.74, 6) is -0.521. The zero-order valence-electron chi connectivity index (χ0n) is 15.9. The third kappa shape index (κ3) is 3.66. The minimum atomic E-state index is -3.60. The lowest BCUT2D eigenvalue weighted by Crippen LogP contribution is -2.43. The summed E-state index contributed by atoms with van der Waals surface area (Å²) < 4.78 is 25.4. The number of carbonyl (C=O) groups is 2. The van der Waals surface area contributed by atoms with E-state index in [2.05, 4.69) is 4.90 Å². The molecule has 0 aromatic carbocycles. The second-order valence-corrected chi connectivity index (χ2v) is 10.3. The van der Waals surface area contributed by atoms with Crippen molar-refractivity contribution in [2.75, 3.05) is 32.4 Å². The number of likely N-dealkylation sites (tertiary alicyclic amines) is 2. The molecule has 0 unspecified atom stereocenters. The molecule has 27 heavy (non-hydrogen) atoms. The number of hydrogen-bond acceptors (Lipinski definition) is 5. The first-order chi connectivity index (χ1) is 12.9. The third-order valence-corrected chi connectivity index (χ3v) is 7.60. The molecule has 3 atom stereocenters. The minimum absolute atomic E-state index is 0.0895. The summed E-state index contributed by atoms with van der Waals surface area (Å²) in [4.78, 5) is 29.7. The molecule has 4 rings (SSSR count). The van der Waals surface area contributed by atoms with Crippen LogP contribution in [-0.4, -0.2) is 78.9 Å². The fraction of sp³-hybridized carbons (Fsp3) is 0.789. The molecule has 150 valence electrons. The van der Waals surface area contributed by atoms with Crippen LogP contribution >= 0.6 is 0 Å². The predicted molar refractivity (Wildman–Crippen MR) is 101 cm³/mol. The topological polar surface area (TPSA) is 78.0 Å². The number of hydrogen-bond donors (Lipinski definition) is 0. The van der Waals surface area contributed by atoms with Gasteiger partial charge in [-0.3, -0.25) is 14.5 Å². The van der Waals surface area contributed by atoms with Gasteiger partial charge in [-0.15, -0.1) is 0 Å². The molecule has 1 saturated carbocycles. The van der Waals surface area contributed by atoms with Gasteiger partial charge >= 0.3 is 0 Å². The van der Waals surface area contributed by atoms with E-state index < -0.39 is 16.1 Å². The standard InChI is InChI=1S/C19H29N3O4S/c1-27(25,26)22-15-9-13-21(18(15)17(19(22)24)14-7-8-14)16(23)6-5-12-20-10-3-2-4-11-20/h5-6,14-15,17-18H,2-4,7-13H2,1H3/t15-,17+,18-/m0/s1. The van der Waals surface area contributed by atoms with Gasteiger partial charge in [0.1, 0.15) is 0 Å². The minimum Gasteiger partial charge on any atom is -0.333 e. The SMILES string of the molecule is CS(=O)(=O)N1C(=O)[C@H](C2CC2)[C@@H]2[C@@H]1CCN2C(=O)C=CCN1CCCCC1. The highest BCUT2D eigenvalue weighted by atomic mass is 32.2. The summed E-state index contributed by atoms with van der Waals surface area (Å²) in [5, 5.41) is 0. The van der Waals surface area contributed by atoms with Crippen molar-refractivity contribution in [1.29, 1.82) is 0 Å². The van der Waals surface area contributed by atoms with Gasteiger partial charge in [0.2, 0.25) is 21.8 Å². The van der Waals surface area contributed by atoms with Gasteiger partial charge in [0.25, 0.3) is 0 Å². The molecule has 7 nitrogen and oxygen atoms in total. The molecule has 0 bridgehead atoms. The summed E-state index contributed by atoms with van der Waals surface area (Å²) in [6, 6.07) is -0.690. The number of sulfonamides is 1. The fourth-order valence-electron chi connectivity index (χ4n) is 5.09. The average molecular weight is 396 g/mol. The van der Waals surface area contributed by atoms with Gasteiger partial charge in [-0.05, 0) is 51.1 Å². The van der Waals surface area contributed by atoms with E-state index >= 15 is 0 Å². The van der Waals surface area contributed by atoms with E-state index in [-0.39, 0.29) is 29.7 Å². The molecule has 0 radical (unpaired) electrons. The van der Waals surface area contributed by atoms with Crippen LogP contribution in [0.2, 0.25) is 0 Å². The highest BCUT2D eigenvalue weighted by Gasteiger charge is 2.60. The first-order valence-corrected chi connectivity index (χ1v) is 12.0. The maximum atomic E-state index is 12.8. The number of fused-ring (bicyclic) bond motifs is 1. The predicted octanol–water partition coefficient (Wildman–Crippen LogP) is 0.826. The fourth-order valence-corrected chi connectivity index (χ4v) is 6.26. The summed E-state index contributed by atoms with van der Waals surface area (Å²) in [6.45, 7) is 3.45. The molecule has 4 aliphatic rings. The van der Waals surface area contributed by atoms with Crippen LogP contribution in [0.25, 0.3) is 0 Å². The largest absolute Gasteiger partial charge is 0.333 e. The van der Waals surface area contributed by atoms with E-state index in [1.54, 1.807) is 11.0 Å². The molecule has 2 amide bonds. The van der Waals surface area contributed by atoms with Crippen molar-refractivity contribution in [2.24, 2.45) is 11.8 Å². The molecule has 0 N–H and O–H groups in total. The zero-order valence-corrected chi connectivity index (χ0v) is 16.7. The maximum Gasteiger partial charge on any atom is 0.246 e. The summed E-state index contributed by atoms with van der Waals surface area (Å²) in [5.41, 5.74) is 0. The molecular formula is C19H29N3O4S. The van der Waals surface area contributed by atoms with Gasteiger partial charge in [0.15, 0.2) is 0 Å². The summed E-state index contributed by atoms with van der Waals surface area (Å²) in [6.07, 6.45) is 10.8. The van der Waals surface area contributed by atoms with Crippen LogP contribution in [0.1, 0.15) is 38.5 Å². The Morgan fingerprint density at radius 1 is 1.11 bits per heavy atom. The second kappa shape index (κ2) is 7.20. The van der Waals surface area contributed by atoms with Crippen LogP contribution in [0.4, 0.5) is 0 Å². The Balaban J connectivity index is 1.47. The normalized spacial score (nSPS) is 32.5. The summed E-state index contributed by atoms with van der Waals surface area (Å²) >= 11 is 0. The lowest BCUT2D eigenvalue weighted by atomic mass is 9.94. The Bertz CT molecular complexity index is 740.